The second kappa shape index (κ2) is 5.29. The average Bonchev–Trinajstić information content (AvgIpc) is 2.82. The van der Waals surface area contributed by atoms with Gasteiger partial charge in [0, 0.05) is 12.4 Å². The highest BCUT2D eigenvalue weighted by Crippen LogP contribution is 2.26. The number of rotatable bonds is 3. The Kier molecular flexibility index (Phi) is 3.74. The number of hydrogen-bond donors (Lipinski definition) is 2. The van der Waals surface area contributed by atoms with E-state index in [0.29, 0.717) is 22.4 Å². The smallest absolute Gasteiger partial charge is 0.206 e. The lowest BCUT2D eigenvalue weighted by molar-refractivity contribution is 0.318. The molecule has 1 aromatic carbocycles. The highest BCUT2D eigenvalue weighted by molar-refractivity contribution is 6.42. The second-order valence-electron chi connectivity index (χ2n) is 3.58. The van der Waals surface area contributed by atoms with Gasteiger partial charge in [-0.15, -0.1) is 0 Å². The van der Waals surface area contributed by atoms with Crippen molar-refractivity contribution in [2.24, 2.45) is 10.9 Å². The van der Waals surface area contributed by atoms with E-state index >= 15 is 0 Å². The van der Waals surface area contributed by atoms with Gasteiger partial charge in [0.1, 0.15) is 0 Å². The minimum atomic E-state index is -0.0573. The lowest BCUT2D eigenvalue weighted by Crippen LogP contribution is -2.19. The summed E-state index contributed by atoms with van der Waals surface area (Å²) >= 11 is 12.0. The average molecular weight is 285 g/mol. The number of aromatic nitrogens is 2. The van der Waals surface area contributed by atoms with E-state index in [1.165, 1.54) is 0 Å². The Morgan fingerprint density at radius 2 is 2.22 bits per heavy atom. The molecule has 3 N–H and O–H groups in total. The molecule has 1 heterocycles. The lowest BCUT2D eigenvalue weighted by atomic mass is 10.2. The van der Waals surface area contributed by atoms with E-state index in [1.54, 1.807) is 23.0 Å². The minimum absolute atomic E-state index is 0.0573. The first-order valence-electron chi connectivity index (χ1n) is 5.05. The largest absolute Gasteiger partial charge is 0.409 e. The molecule has 0 saturated carbocycles. The van der Waals surface area contributed by atoms with Gasteiger partial charge in [-0.25, -0.2) is 4.98 Å². The lowest BCUT2D eigenvalue weighted by Gasteiger charge is -2.09. The molecule has 0 unspecified atom stereocenters. The molecule has 5 nitrogen and oxygen atoms in total. The molecular weight excluding hydrogens is 275 g/mol. The van der Waals surface area contributed by atoms with Crippen molar-refractivity contribution < 1.29 is 5.21 Å². The molecular formula is C11H10Cl2N4O. The van der Waals surface area contributed by atoms with Crippen molar-refractivity contribution in [2.45, 2.75) is 6.54 Å². The zero-order chi connectivity index (χ0) is 13.1. The van der Waals surface area contributed by atoms with E-state index < -0.39 is 0 Å². The molecule has 7 heteroatoms. The Bertz CT molecular complexity index is 594. The van der Waals surface area contributed by atoms with Crippen molar-refractivity contribution in [2.75, 3.05) is 0 Å². The summed E-state index contributed by atoms with van der Waals surface area (Å²) in [6.45, 7) is 0.435. The van der Waals surface area contributed by atoms with Gasteiger partial charge >= 0.3 is 0 Å². The summed E-state index contributed by atoms with van der Waals surface area (Å²) in [5, 5.41) is 12.6. The Labute approximate surface area is 113 Å². The molecule has 0 saturated heterocycles. The Balaban J connectivity index is 2.35. The summed E-state index contributed by atoms with van der Waals surface area (Å²) in [6.07, 6.45) is 3.27. The van der Waals surface area contributed by atoms with Crippen LogP contribution in [0.25, 0.3) is 0 Å². The van der Waals surface area contributed by atoms with Gasteiger partial charge in [-0.3, -0.25) is 0 Å². The summed E-state index contributed by atoms with van der Waals surface area (Å²) in [4.78, 5) is 4.01. The topological polar surface area (TPSA) is 76.4 Å². The maximum atomic E-state index is 8.66. The number of imidazole rings is 1. The van der Waals surface area contributed by atoms with Gasteiger partial charge in [0.25, 0.3) is 0 Å². The number of nitrogens with two attached hydrogens (primary N) is 1. The molecule has 0 amide bonds. The van der Waals surface area contributed by atoms with Crippen molar-refractivity contribution in [3.05, 3.63) is 52.0 Å². The van der Waals surface area contributed by atoms with Gasteiger partial charge in [-0.05, 0) is 11.6 Å². The van der Waals surface area contributed by atoms with Gasteiger partial charge in [-0.1, -0.05) is 40.5 Å². The van der Waals surface area contributed by atoms with Crippen LogP contribution in [0.5, 0.6) is 0 Å². The number of benzene rings is 1. The van der Waals surface area contributed by atoms with E-state index in [1.807, 2.05) is 12.1 Å². The first-order chi connectivity index (χ1) is 8.63. The first-order valence-corrected chi connectivity index (χ1v) is 5.81. The van der Waals surface area contributed by atoms with Crippen LogP contribution < -0.4 is 5.73 Å². The van der Waals surface area contributed by atoms with E-state index in [-0.39, 0.29) is 5.84 Å². The number of hydrogen-bond acceptors (Lipinski definition) is 3. The fourth-order valence-corrected chi connectivity index (χ4v) is 1.95. The molecule has 1 aromatic heterocycles. The van der Waals surface area contributed by atoms with Crippen molar-refractivity contribution in [1.29, 1.82) is 0 Å². The van der Waals surface area contributed by atoms with Crippen molar-refractivity contribution in [1.82, 2.24) is 9.55 Å². The minimum Gasteiger partial charge on any atom is -0.409 e. The van der Waals surface area contributed by atoms with Crippen LogP contribution in [0.2, 0.25) is 10.0 Å². The van der Waals surface area contributed by atoms with Crippen LogP contribution in [0.15, 0.2) is 35.7 Å². The van der Waals surface area contributed by atoms with Crippen LogP contribution in [0.1, 0.15) is 11.4 Å². The molecule has 2 aromatic rings. The van der Waals surface area contributed by atoms with Crippen LogP contribution >= 0.6 is 23.2 Å². The fourth-order valence-electron chi connectivity index (χ4n) is 1.57. The molecule has 0 bridgehead atoms. The number of nitrogens with zero attached hydrogens (tertiary/aromatic N) is 3. The Hall–Kier alpha value is -1.72. The summed E-state index contributed by atoms with van der Waals surface area (Å²) in [7, 11) is 0. The van der Waals surface area contributed by atoms with E-state index in [9.17, 15) is 0 Å². The van der Waals surface area contributed by atoms with E-state index in [4.69, 9.17) is 34.1 Å². The highest BCUT2D eigenvalue weighted by atomic mass is 35.5. The maximum absolute atomic E-state index is 8.66. The standard InChI is InChI=1S/C11H10Cl2N4O/c12-8-3-1-2-7(9(8)13)6-17-5-4-15-11(17)10(14)16-18/h1-5,18H,6H2,(H2,14,16). The summed E-state index contributed by atoms with van der Waals surface area (Å²) in [5.41, 5.74) is 6.35. The SMILES string of the molecule is N/C(=N/O)c1nccn1Cc1cccc(Cl)c1Cl. The quantitative estimate of drug-likeness (QED) is 0.393. The van der Waals surface area contributed by atoms with Gasteiger partial charge in [-0.2, -0.15) is 0 Å². The first kappa shape index (κ1) is 12.7. The number of amidine groups is 1. The molecule has 94 valence electrons. The predicted molar refractivity (Wildman–Crippen MR) is 70.3 cm³/mol. The number of halogens is 2. The maximum Gasteiger partial charge on any atom is 0.206 e. The van der Waals surface area contributed by atoms with Crippen molar-refractivity contribution >= 4 is 29.0 Å². The molecule has 0 aliphatic heterocycles. The van der Waals surface area contributed by atoms with Crippen LogP contribution in [0.3, 0.4) is 0 Å². The molecule has 0 aliphatic carbocycles. The highest BCUT2D eigenvalue weighted by Gasteiger charge is 2.10. The monoisotopic (exact) mass is 284 g/mol. The second-order valence-corrected chi connectivity index (χ2v) is 4.36. The number of oxime groups is 1. The van der Waals surface area contributed by atoms with Crippen LogP contribution in [0, 0.1) is 0 Å². The molecule has 0 spiro atoms. The summed E-state index contributed by atoms with van der Waals surface area (Å²) in [5.74, 6) is 0.312. The van der Waals surface area contributed by atoms with Crippen molar-refractivity contribution in [3.8, 4) is 0 Å². The molecule has 0 fully saturated rings. The predicted octanol–water partition coefficient (Wildman–Crippen LogP) is 2.33. The molecule has 0 aliphatic rings. The van der Waals surface area contributed by atoms with Crippen LogP contribution in [-0.4, -0.2) is 20.6 Å². The molecule has 18 heavy (non-hydrogen) atoms. The van der Waals surface area contributed by atoms with Crippen LogP contribution in [-0.2, 0) is 6.54 Å². The van der Waals surface area contributed by atoms with Gasteiger partial charge in [0.05, 0.1) is 16.6 Å². The Morgan fingerprint density at radius 1 is 1.44 bits per heavy atom. The van der Waals surface area contributed by atoms with Crippen molar-refractivity contribution in [3.63, 3.8) is 0 Å². The normalized spacial score (nSPS) is 11.8. The third-order valence-corrected chi connectivity index (χ3v) is 3.28. The zero-order valence-electron chi connectivity index (χ0n) is 9.22. The third kappa shape index (κ3) is 2.42. The van der Waals surface area contributed by atoms with Crippen LogP contribution in [0.4, 0.5) is 0 Å². The third-order valence-electron chi connectivity index (χ3n) is 2.42. The van der Waals surface area contributed by atoms with E-state index in [0.717, 1.165) is 5.56 Å². The van der Waals surface area contributed by atoms with Gasteiger partial charge in [0.15, 0.2) is 5.82 Å². The zero-order valence-corrected chi connectivity index (χ0v) is 10.7. The van der Waals surface area contributed by atoms with E-state index in [2.05, 4.69) is 10.1 Å². The Morgan fingerprint density at radius 3 is 2.94 bits per heavy atom. The molecule has 0 atom stereocenters. The summed E-state index contributed by atoms with van der Waals surface area (Å²) in [6, 6.07) is 5.37. The molecule has 0 radical (unpaired) electrons. The fraction of sp³-hybridized carbons (Fsp3) is 0.0909. The van der Waals surface area contributed by atoms with Gasteiger partial charge < -0.3 is 15.5 Å². The summed E-state index contributed by atoms with van der Waals surface area (Å²) < 4.78 is 1.71. The molecule has 2 rings (SSSR count). The van der Waals surface area contributed by atoms with Gasteiger partial charge in [0.2, 0.25) is 5.84 Å².